The molecule has 18 heavy (non-hydrogen) atoms. The molecule has 4 N–H and O–H groups in total. The van der Waals surface area contributed by atoms with Crippen molar-refractivity contribution in [3.8, 4) is 0 Å². The smallest absolute Gasteiger partial charge is 0.312 e. The minimum Gasteiger partial charge on any atom is -0.352 e. The van der Waals surface area contributed by atoms with Crippen LogP contribution in [0.25, 0.3) is 11.2 Å². The van der Waals surface area contributed by atoms with Gasteiger partial charge in [0.25, 0.3) is 0 Å². The van der Waals surface area contributed by atoms with Gasteiger partial charge >= 0.3 is 6.03 Å². The van der Waals surface area contributed by atoms with Gasteiger partial charge in [0.15, 0.2) is 10.4 Å². The molecule has 0 atom stereocenters. The van der Waals surface area contributed by atoms with Crippen LogP contribution in [0.4, 0.5) is 4.79 Å². The molecule has 0 aromatic carbocycles. The molecule has 2 amide bonds. The van der Waals surface area contributed by atoms with E-state index in [9.17, 15) is 4.79 Å². The lowest BCUT2D eigenvalue weighted by Crippen LogP contribution is -2.32. The second kappa shape index (κ2) is 4.81. The van der Waals surface area contributed by atoms with Crippen LogP contribution in [0.3, 0.4) is 0 Å². The number of nitrogens with two attached hydrogens (primary N) is 1. The SMILES string of the molecule is CCn1nc(C)c2[nH]c(=S)n(CCNC(N)=O)c21. The third-order valence-electron chi connectivity index (χ3n) is 2.77. The highest BCUT2D eigenvalue weighted by Gasteiger charge is 2.13. The Hall–Kier alpha value is -1.83. The van der Waals surface area contributed by atoms with E-state index in [-0.39, 0.29) is 0 Å². The zero-order valence-electron chi connectivity index (χ0n) is 10.4. The maximum absolute atomic E-state index is 10.7. The predicted octanol–water partition coefficient (Wildman–Crippen LogP) is 0.892. The van der Waals surface area contributed by atoms with Crippen LogP contribution in [0.15, 0.2) is 0 Å². The number of amides is 2. The second-order valence-electron chi connectivity index (χ2n) is 3.97. The number of carbonyl (C=O) groups excluding carboxylic acids is 1. The van der Waals surface area contributed by atoms with Crippen LogP contribution >= 0.6 is 12.2 Å². The lowest BCUT2D eigenvalue weighted by atomic mass is 10.4. The average Bonchev–Trinajstić information content (AvgIpc) is 2.78. The number of nitrogens with zero attached hydrogens (tertiary/aromatic N) is 3. The van der Waals surface area contributed by atoms with Crippen LogP contribution in [0.1, 0.15) is 12.6 Å². The first-order valence-electron chi connectivity index (χ1n) is 5.73. The van der Waals surface area contributed by atoms with Crippen molar-refractivity contribution in [2.24, 2.45) is 5.73 Å². The maximum atomic E-state index is 10.7. The highest BCUT2D eigenvalue weighted by molar-refractivity contribution is 7.71. The highest BCUT2D eigenvalue weighted by atomic mass is 32.1. The first-order valence-corrected chi connectivity index (χ1v) is 6.14. The molecule has 8 heteroatoms. The van der Waals surface area contributed by atoms with E-state index in [4.69, 9.17) is 18.0 Å². The summed E-state index contributed by atoms with van der Waals surface area (Å²) < 4.78 is 4.43. The number of fused-ring (bicyclic) bond motifs is 1. The molecule has 2 rings (SSSR count). The number of rotatable bonds is 4. The number of nitrogens with one attached hydrogen (secondary N) is 2. The van der Waals surface area contributed by atoms with E-state index in [2.05, 4.69) is 15.4 Å². The van der Waals surface area contributed by atoms with Crippen molar-refractivity contribution >= 4 is 29.4 Å². The normalized spacial score (nSPS) is 11.0. The van der Waals surface area contributed by atoms with Gasteiger partial charge in [0.1, 0.15) is 5.52 Å². The molecule has 0 fully saturated rings. The lowest BCUT2D eigenvalue weighted by Gasteiger charge is -2.06. The summed E-state index contributed by atoms with van der Waals surface area (Å²) in [6, 6.07) is -0.534. The highest BCUT2D eigenvalue weighted by Crippen LogP contribution is 2.17. The van der Waals surface area contributed by atoms with Gasteiger partial charge in [-0.25, -0.2) is 9.48 Å². The van der Waals surface area contributed by atoms with E-state index in [0.717, 1.165) is 23.4 Å². The summed E-state index contributed by atoms with van der Waals surface area (Å²) >= 11 is 5.28. The summed E-state index contributed by atoms with van der Waals surface area (Å²) in [5.41, 5.74) is 7.84. The van der Waals surface area contributed by atoms with Crippen molar-refractivity contribution in [1.29, 1.82) is 0 Å². The largest absolute Gasteiger partial charge is 0.352 e. The van der Waals surface area contributed by atoms with Crippen molar-refractivity contribution in [3.05, 3.63) is 10.5 Å². The standard InChI is InChI=1S/C10H16N6OS/c1-3-16-8-7(6(2)14-16)13-10(18)15(8)5-4-12-9(11)17/h3-5H2,1-2H3,(H,13,18)(H3,11,12,17). The molecule has 0 unspecified atom stereocenters. The molecule has 0 aliphatic carbocycles. The maximum Gasteiger partial charge on any atom is 0.312 e. The summed E-state index contributed by atoms with van der Waals surface area (Å²) in [5, 5.41) is 6.97. The molecular weight excluding hydrogens is 252 g/mol. The lowest BCUT2D eigenvalue weighted by molar-refractivity contribution is 0.248. The van der Waals surface area contributed by atoms with Crippen molar-refractivity contribution in [2.75, 3.05) is 6.54 Å². The molecule has 2 aromatic heterocycles. The van der Waals surface area contributed by atoms with Crippen LogP contribution in [-0.4, -0.2) is 31.9 Å². The third kappa shape index (κ3) is 2.10. The zero-order valence-corrected chi connectivity index (χ0v) is 11.2. The monoisotopic (exact) mass is 268 g/mol. The molecule has 0 aliphatic heterocycles. The summed E-state index contributed by atoms with van der Waals surface area (Å²) in [6.45, 7) is 5.72. The Bertz CT molecular complexity index is 637. The number of primary amides is 1. The molecule has 0 aliphatic rings. The van der Waals surface area contributed by atoms with E-state index >= 15 is 0 Å². The van der Waals surface area contributed by atoms with Crippen molar-refractivity contribution in [3.63, 3.8) is 0 Å². The molecular formula is C10H16N6OS. The molecule has 0 saturated heterocycles. The average molecular weight is 268 g/mol. The van der Waals surface area contributed by atoms with E-state index in [1.54, 1.807) is 0 Å². The van der Waals surface area contributed by atoms with Crippen LogP contribution in [0.2, 0.25) is 0 Å². The summed E-state index contributed by atoms with van der Waals surface area (Å²) in [4.78, 5) is 13.8. The number of urea groups is 1. The van der Waals surface area contributed by atoms with Gasteiger partial charge in [0, 0.05) is 19.6 Å². The first kappa shape index (κ1) is 12.6. The Morgan fingerprint density at radius 2 is 2.33 bits per heavy atom. The molecule has 2 aromatic rings. The molecule has 0 bridgehead atoms. The summed E-state index contributed by atoms with van der Waals surface area (Å²) in [6.07, 6.45) is 0. The van der Waals surface area contributed by atoms with Gasteiger partial charge in [-0.05, 0) is 26.1 Å². The molecule has 7 nitrogen and oxygen atoms in total. The number of aromatic nitrogens is 4. The second-order valence-corrected chi connectivity index (χ2v) is 4.36. The fourth-order valence-electron chi connectivity index (χ4n) is 1.98. The summed E-state index contributed by atoms with van der Waals surface area (Å²) in [7, 11) is 0. The number of imidazole rings is 1. The number of carbonyl (C=O) groups is 1. The number of aryl methyl sites for hydroxylation is 2. The number of aromatic amines is 1. The molecule has 0 saturated carbocycles. The number of hydrogen-bond donors (Lipinski definition) is 3. The van der Waals surface area contributed by atoms with Crippen molar-refractivity contribution in [1.82, 2.24) is 24.6 Å². The quantitative estimate of drug-likeness (QED) is 0.719. The van der Waals surface area contributed by atoms with Gasteiger partial charge in [-0.3, -0.25) is 4.57 Å². The van der Waals surface area contributed by atoms with Gasteiger partial charge in [-0.15, -0.1) is 0 Å². The minimum absolute atomic E-state index is 0.435. The van der Waals surface area contributed by atoms with Crippen molar-refractivity contribution < 1.29 is 4.79 Å². The van der Waals surface area contributed by atoms with E-state index < -0.39 is 6.03 Å². The Kier molecular flexibility index (Phi) is 3.37. The zero-order chi connectivity index (χ0) is 13.3. The van der Waals surface area contributed by atoms with Gasteiger partial charge in [0.2, 0.25) is 0 Å². The van der Waals surface area contributed by atoms with Gasteiger partial charge in [-0.1, -0.05) is 0 Å². The minimum atomic E-state index is -0.534. The van der Waals surface area contributed by atoms with Crippen LogP contribution in [0.5, 0.6) is 0 Å². The number of hydrogen-bond acceptors (Lipinski definition) is 3. The fraction of sp³-hybridized carbons (Fsp3) is 0.500. The van der Waals surface area contributed by atoms with Gasteiger partial charge in [-0.2, -0.15) is 5.10 Å². The Labute approximate surface area is 109 Å². The van der Waals surface area contributed by atoms with Crippen LogP contribution in [-0.2, 0) is 13.1 Å². The Balaban J connectivity index is 2.39. The molecule has 0 spiro atoms. The fourth-order valence-corrected chi connectivity index (χ4v) is 2.26. The Morgan fingerprint density at radius 3 is 2.94 bits per heavy atom. The molecule has 2 heterocycles. The van der Waals surface area contributed by atoms with E-state index in [1.807, 2.05) is 23.1 Å². The third-order valence-corrected chi connectivity index (χ3v) is 3.09. The molecule has 98 valence electrons. The predicted molar refractivity (Wildman–Crippen MR) is 70.9 cm³/mol. The first-order chi connectivity index (χ1) is 8.54. The number of H-pyrrole nitrogens is 1. The summed E-state index contributed by atoms with van der Waals surface area (Å²) in [5.74, 6) is 0. The Morgan fingerprint density at radius 1 is 1.61 bits per heavy atom. The van der Waals surface area contributed by atoms with Gasteiger partial charge in [0.05, 0.1) is 5.69 Å². The van der Waals surface area contributed by atoms with Crippen LogP contribution in [0, 0.1) is 11.7 Å². The van der Waals surface area contributed by atoms with Gasteiger partial charge < -0.3 is 16.0 Å². The van der Waals surface area contributed by atoms with Crippen LogP contribution < -0.4 is 11.1 Å². The van der Waals surface area contributed by atoms with Crippen molar-refractivity contribution in [2.45, 2.75) is 26.9 Å². The van der Waals surface area contributed by atoms with E-state index in [0.29, 0.717) is 17.9 Å². The van der Waals surface area contributed by atoms with E-state index in [1.165, 1.54) is 0 Å². The topological polar surface area (TPSA) is 93.7 Å². The molecule has 0 radical (unpaired) electrons.